The van der Waals surface area contributed by atoms with Gasteiger partial charge in [0.15, 0.2) is 0 Å². The van der Waals surface area contributed by atoms with Gasteiger partial charge in [0.25, 0.3) is 10.2 Å². The SMILES string of the molecule is COc1cccc(C2CCCN2S(N)(=O)=O)c1. The monoisotopic (exact) mass is 256 g/mol. The zero-order valence-electron chi connectivity index (χ0n) is 9.67. The van der Waals surface area contributed by atoms with Gasteiger partial charge in [-0.05, 0) is 30.5 Å². The number of hydrogen-bond acceptors (Lipinski definition) is 3. The van der Waals surface area contributed by atoms with Crippen molar-refractivity contribution in [3.8, 4) is 5.75 Å². The Labute approximate surface area is 101 Å². The number of ether oxygens (including phenoxy) is 1. The lowest BCUT2D eigenvalue weighted by Gasteiger charge is -2.22. The Morgan fingerprint density at radius 1 is 1.47 bits per heavy atom. The molecule has 94 valence electrons. The van der Waals surface area contributed by atoms with Crippen molar-refractivity contribution in [1.29, 1.82) is 0 Å². The van der Waals surface area contributed by atoms with E-state index >= 15 is 0 Å². The largest absolute Gasteiger partial charge is 0.497 e. The van der Waals surface area contributed by atoms with Crippen molar-refractivity contribution in [2.75, 3.05) is 13.7 Å². The van der Waals surface area contributed by atoms with Gasteiger partial charge < -0.3 is 4.74 Å². The van der Waals surface area contributed by atoms with E-state index in [9.17, 15) is 8.42 Å². The second kappa shape index (κ2) is 4.64. The van der Waals surface area contributed by atoms with Crippen molar-refractivity contribution in [3.63, 3.8) is 0 Å². The Hall–Kier alpha value is -1.11. The maximum atomic E-state index is 11.4. The number of rotatable bonds is 3. The number of nitrogens with zero attached hydrogens (tertiary/aromatic N) is 1. The first-order chi connectivity index (χ1) is 8.02. The summed E-state index contributed by atoms with van der Waals surface area (Å²) in [5.74, 6) is 0.726. The fourth-order valence-electron chi connectivity index (χ4n) is 2.23. The average molecular weight is 256 g/mol. The molecular weight excluding hydrogens is 240 g/mol. The first-order valence-corrected chi connectivity index (χ1v) is 6.96. The zero-order chi connectivity index (χ0) is 12.5. The molecule has 1 saturated heterocycles. The normalized spacial score (nSPS) is 21.6. The van der Waals surface area contributed by atoms with Crippen LogP contribution >= 0.6 is 0 Å². The predicted octanol–water partition coefficient (Wildman–Crippen LogP) is 1.04. The van der Waals surface area contributed by atoms with Gasteiger partial charge >= 0.3 is 0 Å². The van der Waals surface area contributed by atoms with E-state index in [4.69, 9.17) is 9.88 Å². The highest BCUT2D eigenvalue weighted by atomic mass is 32.2. The third-order valence-corrected chi connectivity index (χ3v) is 4.10. The highest BCUT2D eigenvalue weighted by Gasteiger charge is 2.33. The molecule has 1 aliphatic heterocycles. The summed E-state index contributed by atoms with van der Waals surface area (Å²) in [6.07, 6.45) is 1.63. The molecule has 5 nitrogen and oxygen atoms in total. The Morgan fingerprint density at radius 2 is 2.24 bits per heavy atom. The summed E-state index contributed by atoms with van der Waals surface area (Å²) >= 11 is 0. The Balaban J connectivity index is 2.32. The van der Waals surface area contributed by atoms with Gasteiger partial charge in [0.1, 0.15) is 5.75 Å². The van der Waals surface area contributed by atoms with E-state index < -0.39 is 10.2 Å². The molecule has 0 bridgehead atoms. The molecule has 1 atom stereocenters. The molecule has 1 unspecified atom stereocenters. The van der Waals surface area contributed by atoms with E-state index in [-0.39, 0.29) is 6.04 Å². The minimum absolute atomic E-state index is 0.167. The number of nitrogens with two attached hydrogens (primary N) is 1. The van der Waals surface area contributed by atoms with Crippen molar-refractivity contribution >= 4 is 10.2 Å². The van der Waals surface area contributed by atoms with E-state index in [1.807, 2.05) is 24.3 Å². The fraction of sp³-hybridized carbons (Fsp3) is 0.455. The van der Waals surface area contributed by atoms with Crippen LogP contribution in [0.15, 0.2) is 24.3 Å². The maximum absolute atomic E-state index is 11.4. The Morgan fingerprint density at radius 3 is 2.88 bits per heavy atom. The van der Waals surface area contributed by atoms with Crippen LogP contribution in [0.2, 0.25) is 0 Å². The smallest absolute Gasteiger partial charge is 0.277 e. The third-order valence-electron chi connectivity index (χ3n) is 3.01. The fourth-order valence-corrected chi connectivity index (χ4v) is 3.19. The van der Waals surface area contributed by atoms with E-state index in [0.717, 1.165) is 24.2 Å². The van der Waals surface area contributed by atoms with Gasteiger partial charge in [-0.2, -0.15) is 12.7 Å². The van der Waals surface area contributed by atoms with Crippen molar-refractivity contribution in [2.24, 2.45) is 5.14 Å². The van der Waals surface area contributed by atoms with Crippen LogP contribution in [-0.2, 0) is 10.2 Å². The summed E-state index contributed by atoms with van der Waals surface area (Å²) in [6, 6.07) is 7.28. The lowest BCUT2D eigenvalue weighted by atomic mass is 10.1. The topological polar surface area (TPSA) is 72.6 Å². The lowest BCUT2D eigenvalue weighted by Crippen LogP contribution is -2.36. The predicted molar refractivity (Wildman–Crippen MR) is 64.8 cm³/mol. The molecule has 0 spiro atoms. The molecule has 17 heavy (non-hydrogen) atoms. The van der Waals surface area contributed by atoms with Gasteiger partial charge in [-0.25, -0.2) is 5.14 Å². The zero-order valence-corrected chi connectivity index (χ0v) is 10.5. The number of benzene rings is 1. The van der Waals surface area contributed by atoms with Crippen molar-refractivity contribution in [3.05, 3.63) is 29.8 Å². The van der Waals surface area contributed by atoms with Gasteiger partial charge in [-0.1, -0.05) is 12.1 Å². The molecule has 2 N–H and O–H groups in total. The Bertz CT molecular complexity index is 501. The van der Waals surface area contributed by atoms with E-state index in [2.05, 4.69) is 0 Å². The van der Waals surface area contributed by atoms with Crippen LogP contribution in [-0.4, -0.2) is 26.4 Å². The molecular formula is C11H16N2O3S. The first-order valence-electron chi connectivity index (χ1n) is 5.46. The summed E-state index contributed by atoms with van der Waals surface area (Å²) < 4.78 is 29.4. The molecule has 0 aliphatic carbocycles. The van der Waals surface area contributed by atoms with Crippen LogP contribution < -0.4 is 9.88 Å². The number of methoxy groups -OCH3 is 1. The van der Waals surface area contributed by atoms with Gasteiger partial charge in [-0.3, -0.25) is 0 Å². The summed E-state index contributed by atoms with van der Waals surface area (Å²) in [5, 5.41) is 5.21. The third kappa shape index (κ3) is 2.59. The van der Waals surface area contributed by atoms with E-state index in [0.29, 0.717) is 6.54 Å². The van der Waals surface area contributed by atoms with Crippen molar-refractivity contribution in [1.82, 2.24) is 4.31 Å². The molecule has 1 aliphatic rings. The summed E-state index contributed by atoms with van der Waals surface area (Å²) in [6.45, 7) is 0.487. The minimum atomic E-state index is -3.63. The van der Waals surface area contributed by atoms with E-state index in [1.165, 1.54) is 4.31 Å². The highest BCUT2D eigenvalue weighted by molar-refractivity contribution is 7.86. The van der Waals surface area contributed by atoms with Crippen LogP contribution in [0.4, 0.5) is 0 Å². The van der Waals surface area contributed by atoms with Gasteiger partial charge in [0, 0.05) is 6.54 Å². The minimum Gasteiger partial charge on any atom is -0.497 e. The Kier molecular flexibility index (Phi) is 3.37. The molecule has 6 heteroatoms. The molecule has 0 saturated carbocycles. The van der Waals surface area contributed by atoms with Crippen molar-refractivity contribution < 1.29 is 13.2 Å². The molecule has 0 amide bonds. The maximum Gasteiger partial charge on any atom is 0.277 e. The first kappa shape index (κ1) is 12.3. The van der Waals surface area contributed by atoms with Gasteiger partial charge in [-0.15, -0.1) is 0 Å². The molecule has 2 rings (SSSR count). The second-order valence-corrected chi connectivity index (χ2v) is 5.59. The lowest BCUT2D eigenvalue weighted by molar-refractivity contribution is 0.390. The van der Waals surface area contributed by atoms with Gasteiger partial charge in [0.2, 0.25) is 0 Å². The summed E-state index contributed by atoms with van der Waals surface area (Å²) in [7, 11) is -2.04. The highest BCUT2D eigenvalue weighted by Crippen LogP contribution is 2.34. The van der Waals surface area contributed by atoms with Crippen LogP contribution in [0.25, 0.3) is 0 Å². The van der Waals surface area contributed by atoms with Crippen molar-refractivity contribution in [2.45, 2.75) is 18.9 Å². The van der Waals surface area contributed by atoms with Crippen LogP contribution in [0.5, 0.6) is 5.75 Å². The second-order valence-electron chi connectivity index (χ2n) is 4.09. The molecule has 1 aromatic carbocycles. The van der Waals surface area contributed by atoms with Gasteiger partial charge in [0.05, 0.1) is 13.2 Å². The van der Waals surface area contributed by atoms with Crippen LogP contribution in [0, 0.1) is 0 Å². The quantitative estimate of drug-likeness (QED) is 0.878. The molecule has 1 aromatic rings. The standard InChI is InChI=1S/C11H16N2O3S/c1-16-10-5-2-4-9(8-10)11-6-3-7-13(11)17(12,14)15/h2,4-5,8,11H,3,6-7H2,1H3,(H2,12,14,15). The van der Waals surface area contributed by atoms with E-state index in [1.54, 1.807) is 7.11 Å². The summed E-state index contributed by atoms with van der Waals surface area (Å²) in [5.41, 5.74) is 0.927. The van der Waals surface area contributed by atoms with Crippen LogP contribution in [0.3, 0.4) is 0 Å². The average Bonchev–Trinajstić information content (AvgIpc) is 2.77. The molecule has 0 aromatic heterocycles. The van der Waals surface area contributed by atoms with Crippen LogP contribution in [0.1, 0.15) is 24.4 Å². The summed E-state index contributed by atoms with van der Waals surface area (Å²) in [4.78, 5) is 0. The molecule has 0 radical (unpaired) electrons. The molecule has 1 heterocycles. The number of hydrogen-bond donors (Lipinski definition) is 1. The molecule has 1 fully saturated rings.